The molecule has 0 spiro atoms. The summed E-state index contributed by atoms with van der Waals surface area (Å²) >= 11 is 0. The molecule has 17 heavy (non-hydrogen) atoms. The summed E-state index contributed by atoms with van der Waals surface area (Å²) in [6.07, 6.45) is 1.61. The first-order chi connectivity index (χ1) is 7.53. The molecule has 3 N–H and O–H groups in total. The summed E-state index contributed by atoms with van der Waals surface area (Å²) in [5, 5.41) is 2.98. The van der Waals surface area contributed by atoms with Gasteiger partial charge in [0.2, 0.25) is 5.91 Å². The van der Waals surface area contributed by atoms with E-state index in [1.54, 1.807) is 0 Å². The first-order valence-electron chi connectivity index (χ1n) is 5.68. The summed E-state index contributed by atoms with van der Waals surface area (Å²) in [6, 6.07) is 8.10. The maximum absolute atomic E-state index is 11.8. The Kier molecular flexibility index (Phi) is 4.17. The number of hydrogen-bond acceptors (Lipinski definition) is 2. The summed E-state index contributed by atoms with van der Waals surface area (Å²) in [7, 11) is 0. The van der Waals surface area contributed by atoms with E-state index in [0.29, 0.717) is 0 Å². The molecule has 2 rings (SSSR count). The molecule has 1 atom stereocenters. The maximum Gasteiger partial charge on any atom is 0.240 e. The number of rotatable bonds is 3. The third kappa shape index (κ3) is 2.99. The molecule has 1 aliphatic rings. The molecule has 0 bridgehead atoms. The van der Waals surface area contributed by atoms with Crippen molar-refractivity contribution >= 4 is 18.3 Å². The topological polar surface area (TPSA) is 55.1 Å². The lowest BCUT2D eigenvalue weighted by atomic mass is 10.0. The van der Waals surface area contributed by atoms with Gasteiger partial charge in [0.1, 0.15) is 0 Å². The highest BCUT2D eigenvalue weighted by Crippen LogP contribution is 2.33. The third-order valence-corrected chi connectivity index (χ3v) is 3.24. The van der Waals surface area contributed by atoms with Gasteiger partial charge in [0.05, 0.1) is 11.6 Å². The summed E-state index contributed by atoms with van der Waals surface area (Å²) in [5.74, 6) is -0.0248. The molecule has 1 saturated carbocycles. The van der Waals surface area contributed by atoms with Crippen molar-refractivity contribution in [3.05, 3.63) is 35.4 Å². The number of aryl methyl sites for hydroxylation is 1. The Hall–Kier alpha value is -1.06. The van der Waals surface area contributed by atoms with Crippen LogP contribution >= 0.6 is 12.4 Å². The first kappa shape index (κ1) is 14.0. The zero-order chi connectivity index (χ0) is 11.8. The fraction of sp³-hybridized carbons (Fsp3) is 0.462. The van der Waals surface area contributed by atoms with Crippen LogP contribution in [0.5, 0.6) is 0 Å². The van der Waals surface area contributed by atoms with Gasteiger partial charge in [0, 0.05) is 0 Å². The van der Waals surface area contributed by atoms with Crippen molar-refractivity contribution in [3.63, 3.8) is 0 Å². The number of carbonyl (C=O) groups excluding carboxylic acids is 1. The van der Waals surface area contributed by atoms with Crippen molar-refractivity contribution in [2.75, 3.05) is 0 Å². The molecule has 0 aliphatic heterocycles. The van der Waals surface area contributed by atoms with Gasteiger partial charge in [0.25, 0.3) is 0 Å². The monoisotopic (exact) mass is 254 g/mol. The predicted octanol–water partition coefficient (Wildman–Crippen LogP) is 2.09. The number of nitrogens with one attached hydrogen (secondary N) is 1. The maximum atomic E-state index is 11.8. The van der Waals surface area contributed by atoms with Crippen LogP contribution < -0.4 is 11.1 Å². The largest absolute Gasteiger partial charge is 0.348 e. The number of benzene rings is 1. The molecule has 3 nitrogen and oxygen atoms in total. The molecule has 0 aromatic heterocycles. The van der Waals surface area contributed by atoms with Crippen LogP contribution in [0.2, 0.25) is 0 Å². The minimum atomic E-state index is -0.586. The van der Waals surface area contributed by atoms with E-state index in [4.69, 9.17) is 5.73 Å². The molecule has 1 unspecified atom stereocenters. The minimum absolute atomic E-state index is 0. The second-order valence-electron chi connectivity index (χ2n) is 4.71. The second-order valence-corrected chi connectivity index (χ2v) is 4.71. The Morgan fingerprint density at radius 2 is 2.00 bits per heavy atom. The molecule has 1 aromatic rings. The Morgan fingerprint density at radius 1 is 1.41 bits per heavy atom. The normalized spacial score (nSPS) is 17.8. The van der Waals surface area contributed by atoms with Crippen LogP contribution in [0.15, 0.2) is 24.3 Å². The van der Waals surface area contributed by atoms with Crippen LogP contribution in [0.1, 0.15) is 36.9 Å². The van der Waals surface area contributed by atoms with Crippen molar-refractivity contribution in [1.82, 2.24) is 5.32 Å². The Morgan fingerprint density at radius 3 is 2.53 bits per heavy atom. The minimum Gasteiger partial charge on any atom is -0.348 e. The number of halogens is 1. The SMILES string of the molecule is Cc1ccccc1C(C)NC(=O)C1(N)CC1.Cl. The van der Waals surface area contributed by atoms with Crippen LogP contribution in [0.25, 0.3) is 0 Å². The zero-order valence-electron chi connectivity index (χ0n) is 10.2. The average Bonchev–Trinajstić information content (AvgIpc) is 2.98. The van der Waals surface area contributed by atoms with Gasteiger partial charge < -0.3 is 11.1 Å². The van der Waals surface area contributed by atoms with Crippen molar-refractivity contribution in [2.45, 2.75) is 38.3 Å². The highest BCUT2D eigenvalue weighted by Gasteiger charge is 2.46. The average molecular weight is 255 g/mol. The lowest BCUT2D eigenvalue weighted by Gasteiger charge is -2.18. The van der Waals surface area contributed by atoms with Gasteiger partial charge in [-0.3, -0.25) is 4.79 Å². The van der Waals surface area contributed by atoms with Crippen molar-refractivity contribution in [3.8, 4) is 0 Å². The standard InChI is InChI=1S/C13H18N2O.ClH/c1-9-5-3-4-6-11(9)10(2)15-12(16)13(14)7-8-13;/h3-6,10H,7-8,14H2,1-2H3,(H,15,16);1H. The van der Waals surface area contributed by atoms with Crippen molar-refractivity contribution < 1.29 is 4.79 Å². The lowest BCUT2D eigenvalue weighted by molar-refractivity contribution is -0.123. The number of carbonyl (C=O) groups is 1. The van der Waals surface area contributed by atoms with Gasteiger partial charge in [0.15, 0.2) is 0 Å². The van der Waals surface area contributed by atoms with Gasteiger partial charge in [-0.1, -0.05) is 24.3 Å². The zero-order valence-corrected chi connectivity index (χ0v) is 11.0. The molecule has 0 radical (unpaired) electrons. The Labute approximate surface area is 108 Å². The lowest BCUT2D eigenvalue weighted by Crippen LogP contribution is -2.43. The highest BCUT2D eigenvalue weighted by atomic mass is 35.5. The van der Waals surface area contributed by atoms with Crippen molar-refractivity contribution in [1.29, 1.82) is 0 Å². The molecule has 1 aliphatic carbocycles. The molecule has 1 fully saturated rings. The van der Waals surface area contributed by atoms with E-state index in [1.807, 2.05) is 38.1 Å². The Bertz CT molecular complexity index is 416. The molecule has 1 aromatic carbocycles. The molecule has 94 valence electrons. The third-order valence-electron chi connectivity index (χ3n) is 3.24. The van der Waals surface area contributed by atoms with Gasteiger partial charge in [-0.15, -0.1) is 12.4 Å². The van der Waals surface area contributed by atoms with E-state index >= 15 is 0 Å². The summed E-state index contributed by atoms with van der Waals surface area (Å²) in [6.45, 7) is 4.04. The summed E-state index contributed by atoms with van der Waals surface area (Å²) < 4.78 is 0. The van der Waals surface area contributed by atoms with E-state index < -0.39 is 5.54 Å². The fourth-order valence-electron chi connectivity index (χ4n) is 1.85. The van der Waals surface area contributed by atoms with Crippen LogP contribution in [0.3, 0.4) is 0 Å². The quantitative estimate of drug-likeness (QED) is 0.868. The van der Waals surface area contributed by atoms with Crippen LogP contribution in [-0.4, -0.2) is 11.4 Å². The first-order valence-corrected chi connectivity index (χ1v) is 5.68. The fourth-order valence-corrected chi connectivity index (χ4v) is 1.85. The van der Waals surface area contributed by atoms with E-state index in [9.17, 15) is 4.79 Å². The van der Waals surface area contributed by atoms with Gasteiger partial charge >= 0.3 is 0 Å². The highest BCUT2D eigenvalue weighted by molar-refractivity contribution is 5.89. The molecular weight excluding hydrogens is 236 g/mol. The number of nitrogens with two attached hydrogens (primary N) is 1. The summed E-state index contributed by atoms with van der Waals surface area (Å²) in [5.41, 5.74) is 7.60. The summed E-state index contributed by atoms with van der Waals surface area (Å²) in [4.78, 5) is 11.8. The van der Waals surface area contributed by atoms with Gasteiger partial charge in [-0.05, 0) is 37.8 Å². The van der Waals surface area contributed by atoms with Crippen LogP contribution in [0, 0.1) is 6.92 Å². The molecular formula is C13H19ClN2O. The van der Waals surface area contributed by atoms with E-state index in [-0.39, 0.29) is 24.4 Å². The second kappa shape index (κ2) is 5.07. The van der Waals surface area contributed by atoms with Crippen LogP contribution in [0.4, 0.5) is 0 Å². The van der Waals surface area contributed by atoms with Crippen LogP contribution in [-0.2, 0) is 4.79 Å². The van der Waals surface area contributed by atoms with E-state index in [1.165, 1.54) is 5.56 Å². The Balaban J connectivity index is 0.00000144. The molecule has 0 saturated heterocycles. The van der Waals surface area contributed by atoms with E-state index in [0.717, 1.165) is 18.4 Å². The predicted molar refractivity (Wildman–Crippen MR) is 71.1 cm³/mol. The van der Waals surface area contributed by atoms with Gasteiger partial charge in [-0.25, -0.2) is 0 Å². The molecule has 0 heterocycles. The molecule has 4 heteroatoms. The molecule has 1 amide bonds. The number of amides is 1. The van der Waals surface area contributed by atoms with Crippen molar-refractivity contribution in [2.24, 2.45) is 5.73 Å². The van der Waals surface area contributed by atoms with Gasteiger partial charge in [-0.2, -0.15) is 0 Å². The smallest absolute Gasteiger partial charge is 0.240 e. The number of hydrogen-bond donors (Lipinski definition) is 2. The van der Waals surface area contributed by atoms with E-state index in [2.05, 4.69) is 5.32 Å².